The van der Waals surface area contributed by atoms with Crippen molar-refractivity contribution in [1.29, 1.82) is 0 Å². The molecule has 0 spiro atoms. The highest BCUT2D eigenvalue weighted by Gasteiger charge is 2.38. The third kappa shape index (κ3) is 5.43. The molecule has 0 saturated carbocycles. The minimum atomic E-state index is -4.70. The SMILES string of the molecule is O=S(=O)(Cc1ccccc1)Nc1ccc(/C=C/c2noc(C(F)(F)F)n2)cc1. The number of hydrogen-bond acceptors (Lipinski definition) is 5. The molecule has 146 valence electrons. The molecular weight excluding hydrogens is 395 g/mol. The summed E-state index contributed by atoms with van der Waals surface area (Å²) in [6.45, 7) is 0. The maximum atomic E-state index is 12.4. The van der Waals surface area contributed by atoms with Gasteiger partial charge in [-0.3, -0.25) is 4.72 Å². The van der Waals surface area contributed by atoms with Gasteiger partial charge in [0.2, 0.25) is 10.0 Å². The van der Waals surface area contributed by atoms with E-state index in [1.54, 1.807) is 54.6 Å². The lowest BCUT2D eigenvalue weighted by Crippen LogP contribution is -2.14. The zero-order chi connectivity index (χ0) is 20.2. The number of aromatic nitrogens is 2. The van der Waals surface area contributed by atoms with Crippen LogP contribution >= 0.6 is 0 Å². The van der Waals surface area contributed by atoms with Gasteiger partial charge in [0, 0.05) is 5.69 Å². The van der Waals surface area contributed by atoms with Crippen LogP contribution in [0.4, 0.5) is 18.9 Å². The molecule has 0 amide bonds. The molecule has 1 heterocycles. The Morgan fingerprint density at radius 3 is 2.29 bits per heavy atom. The minimum absolute atomic E-state index is 0.158. The van der Waals surface area contributed by atoms with Crippen LogP contribution in [0.2, 0.25) is 0 Å². The van der Waals surface area contributed by atoms with E-state index in [-0.39, 0.29) is 11.6 Å². The molecule has 28 heavy (non-hydrogen) atoms. The summed E-state index contributed by atoms with van der Waals surface area (Å²) in [6, 6.07) is 15.0. The molecular formula is C18H14F3N3O3S. The van der Waals surface area contributed by atoms with Crippen LogP contribution in [0.5, 0.6) is 0 Å². The number of benzene rings is 2. The molecule has 2 aromatic carbocycles. The van der Waals surface area contributed by atoms with Gasteiger partial charge in [-0.1, -0.05) is 53.7 Å². The van der Waals surface area contributed by atoms with Crippen LogP contribution in [0.3, 0.4) is 0 Å². The molecule has 0 aliphatic rings. The number of anilines is 1. The molecule has 10 heteroatoms. The normalized spacial score (nSPS) is 12.4. The molecule has 0 aliphatic carbocycles. The summed E-state index contributed by atoms with van der Waals surface area (Å²) in [5, 5.41) is 3.22. The van der Waals surface area contributed by atoms with Crippen molar-refractivity contribution in [3.63, 3.8) is 0 Å². The topological polar surface area (TPSA) is 85.1 Å². The summed E-state index contributed by atoms with van der Waals surface area (Å²) in [4.78, 5) is 3.22. The molecule has 0 bridgehead atoms. The molecule has 0 unspecified atom stereocenters. The number of nitrogens with zero attached hydrogens (tertiary/aromatic N) is 2. The number of rotatable bonds is 6. The lowest BCUT2D eigenvalue weighted by molar-refractivity contribution is -0.159. The molecule has 0 saturated heterocycles. The van der Waals surface area contributed by atoms with E-state index in [0.717, 1.165) is 0 Å². The summed E-state index contributed by atoms with van der Waals surface area (Å²) in [5.74, 6) is -1.80. The average molecular weight is 409 g/mol. The van der Waals surface area contributed by atoms with Crippen LogP contribution in [0.1, 0.15) is 22.8 Å². The van der Waals surface area contributed by atoms with Crippen LogP contribution in [0.25, 0.3) is 12.2 Å². The first kappa shape index (κ1) is 19.6. The molecule has 0 radical (unpaired) electrons. The van der Waals surface area contributed by atoms with Crippen molar-refractivity contribution >= 4 is 27.9 Å². The Balaban J connectivity index is 1.64. The van der Waals surface area contributed by atoms with Crippen molar-refractivity contribution in [1.82, 2.24) is 10.1 Å². The predicted molar refractivity (Wildman–Crippen MR) is 97.4 cm³/mol. The Bertz CT molecular complexity index is 1060. The maximum absolute atomic E-state index is 12.4. The standard InChI is InChI=1S/C18H14F3N3O3S/c19-18(20,21)17-22-16(23-27-17)11-8-13-6-9-15(10-7-13)24-28(25,26)12-14-4-2-1-3-5-14/h1-11,24H,12H2/b11-8+. The van der Waals surface area contributed by atoms with Crippen LogP contribution in [0, 0.1) is 0 Å². The molecule has 3 rings (SSSR count). The van der Waals surface area contributed by atoms with Gasteiger partial charge in [-0.05, 0) is 29.3 Å². The Kier molecular flexibility index (Phi) is 5.50. The first-order valence-corrected chi connectivity index (χ1v) is 9.60. The smallest absolute Gasteiger partial charge is 0.329 e. The molecule has 0 atom stereocenters. The Hall–Kier alpha value is -3.14. The van der Waals surface area contributed by atoms with Gasteiger partial charge in [0.15, 0.2) is 5.82 Å². The van der Waals surface area contributed by atoms with Gasteiger partial charge in [-0.15, -0.1) is 0 Å². The van der Waals surface area contributed by atoms with Gasteiger partial charge >= 0.3 is 12.1 Å². The monoisotopic (exact) mass is 409 g/mol. The highest BCUT2D eigenvalue weighted by molar-refractivity contribution is 7.91. The van der Waals surface area contributed by atoms with Crippen molar-refractivity contribution in [3.8, 4) is 0 Å². The number of hydrogen-bond donors (Lipinski definition) is 1. The van der Waals surface area contributed by atoms with E-state index in [2.05, 4.69) is 19.4 Å². The van der Waals surface area contributed by atoms with Crippen molar-refractivity contribution < 1.29 is 26.1 Å². The summed E-state index contributed by atoms with van der Waals surface area (Å²) in [7, 11) is -3.57. The van der Waals surface area contributed by atoms with Gasteiger partial charge in [-0.2, -0.15) is 18.2 Å². The highest BCUT2D eigenvalue weighted by atomic mass is 32.2. The van der Waals surface area contributed by atoms with Gasteiger partial charge < -0.3 is 4.52 Å². The number of alkyl halides is 3. The molecule has 1 aromatic heterocycles. The van der Waals surface area contributed by atoms with Crippen molar-refractivity contribution in [2.75, 3.05) is 4.72 Å². The summed E-state index contributed by atoms with van der Waals surface area (Å²) >= 11 is 0. The number of nitrogens with one attached hydrogen (secondary N) is 1. The van der Waals surface area contributed by atoms with Gasteiger partial charge in [0.1, 0.15) is 0 Å². The predicted octanol–water partition coefficient (Wildman–Crippen LogP) is 4.20. The van der Waals surface area contributed by atoms with E-state index in [1.165, 1.54) is 12.2 Å². The summed E-state index contributed by atoms with van der Waals surface area (Å²) in [6.07, 6.45) is -1.96. The zero-order valence-electron chi connectivity index (χ0n) is 14.2. The maximum Gasteiger partial charge on any atom is 0.471 e. The van der Waals surface area contributed by atoms with E-state index in [4.69, 9.17) is 0 Å². The van der Waals surface area contributed by atoms with Gasteiger partial charge in [0.25, 0.3) is 0 Å². The fourth-order valence-electron chi connectivity index (χ4n) is 2.26. The third-order valence-electron chi connectivity index (χ3n) is 3.49. The van der Waals surface area contributed by atoms with Crippen molar-refractivity contribution in [2.45, 2.75) is 11.9 Å². The lowest BCUT2D eigenvalue weighted by atomic mass is 10.2. The molecule has 0 fully saturated rings. The Labute approximate surface area is 158 Å². The molecule has 6 nitrogen and oxygen atoms in total. The van der Waals surface area contributed by atoms with E-state index in [9.17, 15) is 21.6 Å². The van der Waals surface area contributed by atoms with E-state index in [0.29, 0.717) is 16.8 Å². The van der Waals surface area contributed by atoms with Crippen molar-refractivity contribution in [3.05, 3.63) is 77.4 Å². The second kappa shape index (κ2) is 7.85. The second-order valence-corrected chi connectivity index (χ2v) is 7.48. The van der Waals surface area contributed by atoms with Crippen LogP contribution < -0.4 is 4.72 Å². The molecule has 3 aromatic rings. The Morgan fingerprint density at radius 1 is 1.00 bits per heavy atom. The third-order valence-corrected chi connectivity index (χ3v) is 4.75. The highest BCUT2D eigenvalue weighted by Crippen LogP contribution is 2.27. The van der Waals surface area contributed by atoms with Gasteiger partial charge in [0.05, 0.1) is 5.75 Å². The second-order valence-electron chi connectivity index (χ2n) is 5.76. The van der Waals surface area contributed by atoms with Crippen LogP contribution in [-0.4, -0.2) is 18.6 Å². The Morgan fingerprint density at radius 2 is 1.68 bits per heavy atom. The largest absolute Gasteiger partial charge is 0.471 e. The van der Waals surface area contributed by atoms with Crippen molar-refractivity contribution in [2.24, 2.45) is 0 Å². The molecule has 1 N–H and O–H groups in total. The first-order valence-electron chi connectivity index (χ1n) is 7.95. The summed E-state index contributed by atoms with van der Waals surface area (Å²) < 4.78 is 68.2. The van der Waals surface area contributed by atoms with Gasteiger partial charge in [-0.25, -0.2) is 8.42 Å². The van der Waals surface area contributed by atoms with E-state index < -0.39 is 22.1 Å². The number of halogens is 3. The fourth-order valence-corrected chi connectivity index (χ4v) is 3.46. The molecule has 0 aliphatic heterocycles. The average Bonchev–Trinajstić information content (AvgIpc) is 3.11. The summed E-state index contributed by atoms with van der Waals surface area (Å²) in [5.41, 5.74) is 1.64. The lowest BCUT2D eigenvalue weighted by Gasteiger charge is -2.08. The zero-order valence-corrected chi connectivity index (χ0v) is 15.0. The fraction of sp³-hybridized carbons (Fsp3) is 0.111. The first-order chi connectivity index (χ1) is 13.2. The number of sulfonamides is 1. The van der Waals surface area contributed by atoms with E-state index in [1.807, 2.05) is 0 Å². The minimum Gasteiger partial charge on any atom is -0.329 e. The van der Waals surface area contributed by atoms with Crippen LogP contribution in [0.15, 0.2) is 59.1 Å². The van der Waals surface area contributed by atoms with Crippen LogP contribution in [-0.2, 0) is 22.0 Å². The quantitative estimate of drug-likeness (QED) is 0.660. The van der Waals surface area contributed by atoms with E-state index >= 15 is 0 Å².